The molecule has 0 heterocycles. The fraction of sp³-hybridized carbons (Fsp3) is 0.938. The van der Waals surface area contributed by atoms with Crippen LogP contribution < -0.4 is 5.32 Å². The van der Waals surface area contributed by atoms with E-state index >= 15 is 0 Å². The van der Waals surface area contributed by atoms with Crippen LogP contribution >= 0.6 is 7.82 Å². The molecule has 0 spiro atoms. The fourth-order valence-electron chi connectivity index (χ4n) is 12.7. The number of aliphatic hydroxyl groups excluding tert-OH is 1. The van der Waals surface area contributed by atoms with E-state index in [2.05, 4.69) is 31.3 Å². The highest BCUT2D eigenvalue weighted by Crippen LogP contribution is 2.43. The summed E-state index contributed by atoms with van der Waals surface area (Å²) < 4.78 is 23.9. The molecule has 0 radical (unpaired) electrons. The van der Waals surface area contributed by atoms with Gasteiger partial charge in [-0.3, -0.25) is 13.8 Å². The number of hydrogen-bond donors (Lipinski definition) is 3. The average Bonchev–Trinajstić information content (AvgIpc) is 3.69. The predicted molar refractivity (Wildman–Crippen MR) is 392 cm³/mol. The van der Waals surface area contributed by atoms with Gasteiger partial charge in [-0.15, -0.1) is 0 Å². The van der Waals surface area contributed by atoms with Gasteiger partial charge in [0, 0.05) is 6.42 Å². The summed E-state index contributed by atoms with van der Waals surface area (Å²) in [6.45, 7) is 4.87. The number of hydrogen-bond acceptors (Lipinski definition) is 5. The van der Waals surface area contributed by atoms with E-state index in [4.69, 9.17) is 9.05 Å². The molecule has 3 N–H and O–H groups in total. The third-order valence-corrected chi connectivity index (χ3v) is 19.9. The normalized spacial score (nSPS) is 13.6. The quantitative estimate of drug-likeness (QED) is 0.0243. The topological polar surface area (TPSA) is 105 Å². The number of likely N-dealkylation sites (N-methyl/N-ethyl adjacent to an activating group) is 1. The SMILES string of the molecule is CCCCCCCCCCCCCCCCCCCCCCCCCCC/C=C/CC/C=C/C(O)C(COP(=O)(O)OCC[N+](C)(C)C)NC(=O)CCCCCCCCCCCCCCCCCCCCCCCCCCCCCCCCCCCCCC. The Bertz CT molecular complexity index is 1500. The zero-order chi connectivity index (χ0) is 64.8. The summed E-state index contributed by atoms with van der Waals surface area (Å²) in [5.41, 5.74) is 0. The number of amides is 1. The molecule has 0 rings (SSSR count). The van der Waals surface area contributed by atoms with E-state index in [9.17, 15) is 19.4 Å². The van der Waals surface area contributed by atoms with Crippen LogP contribution in [-0.2, 0) is 18.4 Å². The first-order valence-corrected chi connectivity index (χ1v) is 41.7. The fourth-order valence-corrected chi connectivity index (χ4v) is 13.5. The van der Waals surface area contributed by atoms with Crippen molar-refractivity contribution in [2.75, 3.05) is 40.9 Å². The Balaban J connectivity index is 3.96. The van der Waals surface area contributed by atoms with Crippen molar-refractivity contribution in [3.8, 4) is 0 Å². The number of aliphatic hydroxyl groups is 1. The van der Waals surface area contributed by atoms with Crippen LogP contribution in [0.5, 0.6) is 0 Å². The zero-order valence-electron chi connectivity index (χ0n) is 61.0. The van der Waals surface area contributed by atoms with Gasteiger partial charge >= 0.3 is 7.82 Å². The maximum Gasteiger partial charge on any atom is 0.472 e. The lowest BCUT2D eigenvalue weighted by molar-refractivity contribution is -0.870. The molecular weight excluding hydrogens is 1120 g/mol. The third kappa shape index (κ3) is 74.2. The van der Waals surface area contributed by atoms with Crippen LogP contribution in [0, 0.1) is 0 Å². The molecule has 0 aromatic heterocycles. The Labute approximate surface area is 557 Å². The predicted octanol–water partition coefficient (Wildman–Crippen LogP) is 26.2. The van der Waals surface area contributed by atoms with Crippen LogP contribution in [0.15, 0.2) is 24.3 Å². The van der Waals surface area contributed by atoms with Crippen molar-refractivity contribution < 1.29 is 32.9 Å². The summed E-state index contributed by atoms with van der Waals surface area (Å²) in [6.07, 6.45) is 95.3. The van der Waals surface area contributed by atoms with Gasteiger partial charge in [-0.05, 0) is 32.1 Å². The molecule has 3 unspecified atom stereocenters. The molecular formula is C80H160N2O6P+. The van der Waals surface area contributed by atoms with Crippen molar-refractivity contribution in [3.05, 3.63) is 24.3 Å². The lowest BCUT2D eigenvalue weighted by atomic mass is 10.0. The molecule has 1 amide bonds. The van der Waals surface area contributed by atoms with E-state index in [-0.39, 0.29) is 19.1 Å². The van der Waals surface area contributed by atoms with Gasteiger partial charge < -0.3 is 19.8 Å². The molecule has 0 saturated carbocycles. The van der Waals surface area contributed by atoms with E-state index in [1.807, 2.05) is 27.2 Å². The number of nitrogens with zero attached hydrogens (tertiary/aromatic N) is 1. The molecule has 0 bridgehead atoms. The Kier molecular flexibility index (Phi) is 70.5. The van der Waals surface area contributed by atoms with Gasteiger partial charge in [0.1, 0.15) is 13.2 Å². The van der Waals surface area contributed by atoms with Gasteiger partial charge in [-0.2, -0.15) is 0 Å². The Morgan fingerprint density at radius 3 is 0.899 bits per heavy atom. The molecule has 3 atom stereocenters. The molecule has 0 aromatic carbocycles. The first kappa shape index (κ1) is 88.0. The first-order valence-electron chi connectivity index (χ1n) is 40.2. The standard InChI is InChI=1S/C80H159N2O6P/c1-6-8-10-12-14-16-18-20-22-24-26-28-30-32-34-36-38-39-40-41-42-44-46-48-50-52-54-56-58-60-62-64-66-68-70-72-74-80(84)81-78(77-88-89(85,86)87-76-75-82(3,4)5)79(83)73-71-69-67-65-63-61-59-57-55-53-51-49-47-45-43-37-35-33-31-29-27-25-23-21-19-17-15-13-11-9-7-2/h63,65,71,73,78-79,83H,6-62,64,66-70,72,74-77H2,1-5H3,(H-,81,84,85,86)/p+1/b65-63+,73-71+. The first-order chi connectivity index (χ1) is 43.5. The van der Waals surface area contributed by atoms with E-state index in [0.29, 0.717) is 17.4 Å². The Morgan fingerprint density at radius 2 is 0.618 bits per heavy atom. The van der Waals surface area contributed by atoms with Gasteiger partial charge in [0.05, 0.1) is 39.9 Å². The second-order valence-corrected chi connectivity index (χ2v) is 30.6. The van der Waals surface area contributed by atoms with Crippen LogP contribution in [-0.4, -0.2) is 73.4 Å². The molecule has 8 nitrogen and oxygen atoms in total. The van der Waals surface area contributed by atoms with Gasteiger partial charge in [0.2, 0.25) is 5.91 Å². The summed E-state index contributed by atoms with van der Waals surface area (Å²) in [5, 5.41) is 14.0. The van der Waals surface area contributed by atoms with Gasteiger partial charge in [0.25, 0.3) is 0 Å². The third-order valence-electron chi connectivity index (χ3n) is 18.9. The average molecular weight is 1280 g/mol. The molecule has 0 aliphatic carbocycles. The number of quaternary nitrogens is 1. The minimum absolute atomic E-state index is 0.0593. The molecule has 9 heteroatoms. The zero-order valence-corrected chi connectivity index (χ0v) is 61.9. The largest absolute Gasteiger partial charge is 0.472 e. The van der Waals surface area contributed by atoms with Crippen LogP contribution in [0.1, 0.15) is 431 Å². The number of phosphoric acid groups is 1. The minimum Gasteiger partial charge on any atom is -0.387 e. The van der Waals surface area contributed by atoms with Crippen molar-refractivity contribution in [1.82, 2.24) is 5.32 Å². The summed E-state index contributed by atoms with van der Waals surface area (Å²) >= 11 is 0. The van der Waals surface area contributed by atoms with Crippen LogP contribution in [0.4, 0.5) is 0 Å². The van der Waals surface area contributed by atoms with E-state index in [1.54, 1.807) is 6.08 Å². The lowest BCUT2D eigenvalue weighted by Crippen LogP contribution is -2.45. The molecule has 0 saturated heterocycles. The van der Waals surface area contributed by atoms with Crippen molar-refractivity contribution in [2.24, 2.45) is 0 Å². The second kappa shape index (κ2) is 71.3. The maximum absolute atomic E-state index is 13.1. The molecule has 0 aliphatic rings. The molecule has 89 heavy (non-hydrogen) atoms. The summed E-state index contributed by atoms with van der Waals surface area (Å²) in [4.78, 5) is 23.5. The van der Waals surface area contributed by atoms with Crippen LogP contribution in [0.2, 0.25) is 0 Å². The maximum atomic E-state index is 13.1. The molecule has 0 aliphatic heterocycles. The number of phosphoric ester groups is 1. The van der Waals surface area contributed by atoms with E-state index < -0.39 is 20.0 Å². The lowest BCUT2D eigenvalue weighted by Gasteiger charge is -2.25. The molecule has 530 valence electrons. The van der Waals surface area contributed by atoms with Crippen molar-refractivity contribution in [3.63, 3.8) is 0 Å². The summed E-state index contributed by atoms with van der Waals surface area (Å²) in [5.74, 6) is -0.176. The highest BCUT2D eigenvalue weighted by molar-refractivity contribution is 7.47. The highest BCUT2D eigenvalue weighted by atomic mass is 31.2. The summed E-state index contributed by atoms with van der Waals surface area (Å²) in [7, 11) is 1.58. The Morgan fingerprint density at radius 1 is 0.371 bits per heavy atom. The van der Waals surface area contributed by atoms with Gasteiger partial charge in [0.15, 0.2) is 0 Å². The summed E-state index contributed by atoms with van der Waals surface area (Å²) in [6, 6.07) is -0.863. The number of rotatable bonds is 76. The smallest absolute Gasteiger partial charge is 0.387 e. The highest BCUT2D eigenvalue weighted by Gasteiger charge is 2.28. The number of allylic oxidation sites excluding steroid dienone is 3. The van der Waals surface area contributed by atoms with Crippen molar-refractivity contribution in [2.45, 2.75) is 443 Å². The second-order valence-electron chi connectivity index (χ2n) is 29.2. The monoisotopic (exact) mass is 1280 g/mol. The van der Waals surface area contributed by atoms with E-state index in [1.165, 1.54) is 372 Å². The number of unbranched alkanes of at least 4 members (excludes halogenated alkanes) is 61. The van der Waals surface area contributed by atoms with Crippen molar-refractivity contribution in [1.29, 1.82) is 0 Å². The van der Waals surface area contributed by atoms with Crippen molar-refractivity contribution >= 4 is 13.7 Å². The number of nitrogens with one attached hydrogen (secondary N) is 1. The minimum atomic E-state index is -4.36. The molecule has 0 fully saturated rings. The number of carbonyl (C=O) groups is 1. The van der Waals surface area contributed by atoms with Gasteiger partial charge in [-0.1, -0.05) is 417 Å². The Hall–Kier alpha value is -1.02. The van der Waals surface area contributed by atoms with Crippen LogP contribution in [0.25, 0.3) is 0 Å². The van der Waals surface area contributed by atoms with E-state index in [0.717, 1.165) is 38.5 Å². The van der Waals surface area contributed by atoms with Crippen LogP contribution in [0.3, 0.4) is 0 Å². The number of carbonyl (C=O) groups excluding carboxylic acids is 1. The molecule has 0 aromatic rings. The van der Waals surface area contributed by atoms with Gasteiger partial charge in [-0.25, -0.2) is 4.57 Å².